The molecule has 90 valence electrons. The summed E-state index contributed by atoms with van der Waals surface area (Å²) in [6.07, 6.45) is 5.43. The van der Waals surface area contributed by atoms with Gasteiger partial charge < -0.3 is 4.90 Å². The van der Waals surface area contributed by atoms with Gasteiger partial charge in [-0.1, -0.05) is 11.6 Å². The summed E-state index contributed by atoms with van der Waals surface area (Å²) >= 11 is 5.93. The number of pyridine rings is 1. The van der Waals surface area contributed by atoms with Crippen molar-refractivity contribution in [2.24, 2.45) is 0 Å². The highest BCUT2D eigenvalue weighted by Crippen LogP contribution is 2.19. The molecule has 3 heterocycles. The van der Waals surface area contributed by atoms with Crippen molar-refractivity contribution in [2.45, 2.75) is 25.3 Å². The van der Waals surface area contributed by atoms with Gasteiger partial charge in [0.05, 0.1) is 0 Å². The molecule has 17 heavy (non-hydrogen) atoms. The minimum absolute atomic E-state index is 0.595. The van der Waals surface area contributed by atoms with Crippen LogP contribution in [0.15, 0.2) is 18.3 Å². The molecule has 1 aliphatic heterocycles. The van der Waals surface area contributed by atoms with E-state index in [2.05, 4.69) is 22.1 Å². The predicted octanol–water partition coefficient (Wildman–Crippen LogP) is 2.02. The normalized spacial score (nSPS) is 21.4. The molecule has 0 N–H and O–H groups in total. The SMILES string of the molecule is CN1CCCC1Cc1nnc2cc(Cl)ccn12. The lowest BCUT2D eigenvalue weighted by Crippen LogP contribution is -2.27. The Morgan fingerprint density at radius 3 is 3.12 bits per heavy atom. The Bertz CT molecular complexity index is 536. The van der Waals surface area contributed by atoms with Gasteiger partial charge in [-0.25, -0.2) is 0 Å². The molecule has 5 heteroatoms. The molecule has 1 fully saturated rings. The van der Waals surface area contributed by atoms with E-state index in [0.29, 0.717) is 11.1 Å². The van der Waals surface area contributed by atoms with Crippen molar-refractivity contribution in [3.05, 3.63) is 29.2 Å². The zero-order valence-electron chi connectivity index (χ0n) is 9.80. The van der Waals surface area contributed by atoms with Crippen molar-refractivity contribution in [3.8, 4) is 0 Å². The molecule has 1 atom stereocenters. The maximum atomic E-state index is 5.93. The number of rotatable bonds is 2. The lowest BCUT2D eigenvalue weighted by molar-refractivity contribution is 0.305. The second kappa shape index (κ2) is 4.27. The van der Waals surface area contributed by atoms with E-state index in [1.54, 1.807) is 0 Å². The van der Waals surface area contributed by atoms with Crippen LogP contribution >= 0.6 is 11.6 Å². The Labute approximate surface area is 105 Å². The molecule has 3 rings (SSSR count). The Hall–Kier alpha value is -1.13. The van der Waals surface area contributed by atoms with Gasteiger partial charge in [-0.3, -0.25) is 4.40 Å². The number of halogens is 1. The Morgan fingerprint density at radius 2 is 2.35 bits per heavy atom. The molecule has 0 saturated carbocycles. The van der Waals surface area contributed by atoms with E-state index >= 15 is 0 Å². The van der Waals surface area contributed by atoms with Crippen molar-refractivity contribution in [2.75, 3.05) is 13.6 Å². The topological polar surface area (TPSA) is 33.4 Å². The number of likely N-dealkylation sites (tertiary alicyclic amines) is 1. The minimum atomic E-state index is 0.595. The zero-order valence-corrected chi connectivity index (χ0v) is 10.6. The van der Waals surface area contributed by atoms with Crippen LogP contribution in [0.4, 0.5) is 0 Å². The van der Waals surface area contributed by atoms with E-state index in [1.165, 1.54) is 19.4 Å². The third-order valence-corrected chi connectivity index (χ3v) is 3.77. The van der Waals surface area contributed by atoms with Crippen LogP contribution in [-0.2, 0) is 6.42 Å². The van der Waals surface area contributed by atoms with Crippen LogP contribution in [0, 0.1) is 0 Å². The number of aromatic nitrogens is 3. The third-order valence-electron chi connectivity index (χ3n) is 3.53. The van der Waals surface area contributed by atoms with Gasteiger partial charge in [-0.05, 0) is 32.5 Å². The first kappa shape index (κ1) is 11.0. The summed E-state index contributed by atoms with van der Waals surface area (Å²) in [4.78, 5) is 2.40. The second-order valence-electron chi connectivity index (χ2n) is 4.67. The fourth-order valence-corrected chi connectivity index (χ4v) is 2.66. The molecule has 2 aromatic heterocycles. The van der Waals surface area contributed by atoms with Gasteiger partial charge in [0.25, 0.3) is 0 Å². The highest BCUT2D eigenvalue weighted by molar-refractivity contribution is 6.30. The number of hydrogen-bond donors (Lipinski definition) is 0. The molecule has 0 aliphatic carbocycles. The number of likely N-dealkylation sites (N-methyl/N-ethyl adjacent to an activating group) is 1. The van der Waals surface area contributed by atoms with E-state index in [0.717, 1.165) is 17.9 Å². The van der Waals surface area contributed by atoms with Gasteiger partial charge in [-0.2, -0.15) is 0 Å². The molecule has 0 radical (unpaired) electrons. The number of nitrogens with zero attached hydrogens (tertiary/aromatic N) is 4. The Morgan fingerprint density at radius 1 is 1.47 bits per heavy atom. The lowest BCUT2D eigenvalue weighted by Gasteiger charge is -2.17. The zero-order chi connectivity index (χ0) is 11.8. The second-order valence-corrected chi connectivity index (χ2v) is 5.11. The fraction of sp³-hybridized carbons (Fsp3) is 0.500. The van der Waals surface area contributed by atoms with Crippen LogP contribution in [0.25, 0.3) is 5.65 Å². The van der Waals surface area contributed by atoms with Crippen LogP contribution < -0.4 is 0 Å². The summed E-state index contributed by atoms with van der Waals surface area (Å²) < 4.78 is 2.03. The lowest BCUT2D eigenvalue weighted by atomic mass is 10.1. The molecular weight excluding hydrogens is 236 g/mol. The van der Waals surface area contributed by atoms with Crippen LogP contribution in [0.2, 0.25) is 5.02 Å². The Balaban J connectivity index is 1.90. The summed E-state index contributed by atoms with van der Waals surface area (Å²) in [6, 6.07) is 4.31. The average Bonchev–Trinajstić information content (AvgIpc) is 2.87. The molecule has 0 bridgehead atoms. The van der Waals surface area contributed by atoms with Gasteiger partial charge in [0.1, 0.15) is 5.82 Å². The van der Waals surface area contributed by atoms with E-state index < -0.39 is 0 Å². The first-order valence-corrected chi connectivity index (χ1v) is 6.31. The molecule has 2 aromatic rings. The van der Waals surface area contributed by atoms with Crippen molar-refractivity contribution in [1.29, 1.82) is 0 Å². The molecule has 0 amide bonds. The van der Waals surface area contributed by atoms with Crippen molar-refractivity contribution in [3.63, 3.8) is 0 Å². The third kappa shape index (κ3) is 2.03. The minimum Gasteiger partial charge on any atom is -0.303 e. The molecule has 4 nitrogen and oxygen atoms in total. The Kier molecular flexibility index (Phi) is 2.76. The molecule has 0 spiro atoms. The van der Waals surface area contributed by atoms with Crippen molar-refractivity contribution >= 4 is 17.2 Å². The van der Waals surface area contributed by atoms with Crippen LogP contribution in [0.5, 0.6) is 0 Å². The fourth-order valence-electron chi connectivity index (χ4n) is 2.50. The smallest absolute Gasteiger partial charge is 0.162 e. The van der Waals surface area contributed by atoms with Crippen molar-refractivity contribution < 1.29 is 0 Å². The quantitative estimate of drug-likeness (QED) is 0.818. The van der Waals surface area contributed by atoms with Gasteiger partial charge >= 0.3 is 0 Å². The molecule has 1 unspecified atom stereocenters. The molecule has 1 aliphatic rings. The van der Waals surface area contributed by atoms with Gasteiger partial charge in [0, 0.05) is 29.7 Å². The van der Waals surface area contributed by atoms with E-state index in [-0.39, 0.29) is 0 Å². The maximum absolute atomic E-state index is 5.93. The van der Waals surface area contributed by atoms with E-state index in [1.807, 2.05) is 22.7 Å². The first-order valence-electron chi connectivity index (χ1n) is 5.93. The first-order chi connectivity index (χ1) is 8.24. The summed E-state index contributed by atoms with van der Waals surface area (Å²) in [5, 5.41) is 9.12. The number of fused-ring (bicyclic) bond motifs is 1. The summed E-state index contributed by atoms with van der Waals surface area (Å²) in [6.45, 7) is 1.19. The van der Waals surface area contributed by atoms with E-state index in [4.69, 9.17) is 11.6 Å². The summed E-state index contributed by atoms with van der Waals surface area (Å²) in [7, 11) is 2.18. The maximum Gasteiger partial charge on any atom is 0.162 e. The summed E-state index contributed by atoms with van der Waals surface area (Å²) in [5.41, 5.74) is 0.827. The van der Waals surface area contributed by atoms with Gasteiger partial charge in [0.2, 0.25) is 0 Å². The predicted molar refractivity (Wildman–Crippen MR) is 67.4 cm³/mol. The van der Waals surface area contributed by atoms with Crippen LogP contribution in [-0.4, -0.2) is 39.1 Å². The highest BCUT2D eigenvalue weighted by atomic mass is 35.5. The highest BCUT2D eigenvalue weighted by Gasteiger charge is 2.22. The monoisotopic (exact) mass is 250 g/mol. The molecular formula is C12H15ClN4. The largest absolute Gasteiger partial charge is 0.303 e. The van der Waals surface area contributed by atoms with Crippen LogP contribution in [0.3, 0.4) is 0 Å². The van der Waals surface area contributed by atoms with Crippen LogP contribution in [0.1, 0.15) is 18.7 Å². The molecule has 1 saturated heterocycles. The standard InChI is InChI=1S/C12H15ClN4/c1-16-5-2-3-10(16)8-12-15-14-11-7-9(13)4-6-17(11)12/h4,6-7,10H,2-3,5,8H2,1H3. The van der Waals surface area contributed by atoms with Gasteiger partial charge in [0.15, 0.2) is 5.65 Å². The molecule has 0 aromatic carbocycles. The average molecular weight is 251 g/mol. The van der Waals surface area contributed by atoms with E-state index in [9.17, 15) is 0 Å². The van der Waals surface area contributed by atoms with Gasteiger partial charge in [-0.15, -0.1) is 10.2 Å². The van der Waals surface area contributed by atoms with Crippen molar-refractivity contribution in [1.82, 2.24) is 19.5 Å². The summed E-state index contributed by atoms with van der Waals surface area (Å²) in [5.74, 6) is 1.02. The number of hydrogen-bond acceptors (Lipinski definition) is 3.